The van der Waals surface area contributed by atoms with E-state index in [1.807, 2.05) is 0 Å². The molecule has 0 spiro atoms. The average molecular weight is 937 g/mol. The molecule has 73 heavy (non-hydrogen) atoms. The second-order valence-electron chi connectivity index (χ2n) is 19.8. The van der Waals surface area contributed by atoms with Crippen molar-refractivity contribution < 1.29 is 0 Å². The first-order valence-electron chi connectivity index (χ1n) is 25.5. The van der Waals surface area contributed by atoms with Crippen LogP contribution in [-0.4, -0.2) is 6.04 Å². The molecular weight excluding hydrogens is 881 g/mol. The van der Waals surface area contributed by atoms with E-state index in [-0.39, 0.29) is 17.4 Å². The first-order chi connectivity index (χ1) is 35.9. The Morgan fingerprint density at radius 3 is 1.45 bits per heavy atom. The lowest BCUT2D eigenvalue weighted by atomic mass is 9.78. The molecule has 0 bridgehead atoms. The van der Waals surface area contributed by atoms with E-state index in [2.05, 4.69) is 304 Å². The van der Waals surface area contributed by atoms with Crippen LogP contribution in [0.25, 0.3) is 71.6 Å². The molecule has 11 aromatic rings. The summed E-state index contributed by atoms with van der Waals surface area (Å²) in [5.74, 6) is 0.129. The van der Waals surface area contributed by atoms with Crippen molar-refractivity contribution >= 4 is 44.2 Å². The van der Waals surface area contributed by atoms with Crippen molar-refractivity contribution in [2.75, 3.05) is 10.6 Å². The molecule has 11 aromatic carbocycles. The first kappa shape index (κ1) is 45.2. The van der Waals surface area contributed by atoms with E-state index < -0.39 is 0 Å². The summed E-state index contributed by atoms with van der Waals surface area (Å²) in [6.45, 7) is 4.75. The van der Waals surface area contributed by atoms with Gasteiger partial charge in [-0.1, -0.05) is 257 Å². The SMILES string of the molecule is CC1(C)c2cc(Nc3ccc(-c4ccccc4)cc3)ccc2-c2ccc(C3C=C(c4ccccc4)C=CC3Nc3ccc(-c4cccc5ccccc45)cc3)cc21.c1ccc(-c2cccc3ccccc23)cc1. The highest BCUT2D eigenvalue weighted by atomic mass is 14.9. The fraction of sp³-hybridized carbons (Fsp3) is 0.0704. The normalized spacial score (nSPS) is 15.1. The molecule has 350 valence electrons. The number of rotatable bonds is 9. The highest BCUT2D eigenvalue weighted by Crippen LogP contribution is 2.51. The van der Waals surface area contributed by atoms with Gasteiger partial charge in [0.1, 0.15) is 0 Å². The van der Waals surface area contributed by atoms with E-state index in [1.54, 1.807) is 0 Å². The number of hydrogen-bond acceptors (Lipinski definition) is 2. The minimum Gasteiger partial charge on any atom is -0.378 e. The van der Waals surface area contributed by atoms with Crippen molar-refractivity contribution in [3.63, 3.8) is 0 Å². The Kier molecular flexibility index (Phi) is 12.2. The van der Waals surface area contributed by atoms with Gasteiger partial charge in [0, 0.05) is 28.4 Å². The Morgan fingerprint density at radius 2 is 0.822 bits per heavy atom. The maximum atomic E-state index is 3.93. The topological polar surface area (TPSA) is 24.1 Å². The minimum atomic E-state index is -0.160. The molecule has 0 saturated heterocycles. The van der Waals surface area contributed by atoms with E-state index in [0.717, 1.165) is 17.1 Å². The van der Waals surface area contributed by atoms with Crippen LogP contribution in [0, 0.1) is 0 Å². The zero-order valence-corrected chi connectivity index (χ0v) is 41.2. The molecule has 0 saturated carbocycles. The summed E-state index contributed by atoms with van der Waals surface area (Å²) < 4.78 is 0. The van der Waals surface area contributed by atoms with E-state index >= 15 is 0 Å². The Labute approximate surface area is 429 Å². The predicted molar refractivity (Wildman–Crippen MR) is 312 cm³/mol. The molecule has 0 aromatic heterocycles. The molecule has 2 atom stereocenters. The molecule has 0 radical (unpaired) electrons. The van der Waals surface area contributed by atoms with Crippen LogP contribution in [-0.2, 0) is 5.41 Å². The lowest BCUT2D eigenvalue weighted by Gasteiger charge is -2.30. The molecule has 0 heterocycles. The van der Waals surface area contributed by atoms with Crippen LogP contribution in [0.4, 0.5) is 17.1 Å². The van der Waals surface area contributed by atoms with Gasteiger partial charge in [0.15, 0.2) is 0 Å². The molecule has 0 aliphatic heterocycles. The van der Waals surface area contributed by atoms with Gasteiger partial charge >= 0.3 is 0 Å². The van der Waals surface area contributed by atoms with Gasteiger partial charge in [-0.2, -0.15) is 0 Å². The van der Waals surface area contributed by atoms with Crippen molar-refractivity contribution in [1.82, 2.24) is 0 Å². The lowest BCUT2D eigenvalue weighted by Crippen LogP contribution is -2.27. The third kappa shape index (κ3) is 9.16. The van der Waals surface area contributed by atoms with E-state index in [1.165, 1.54) is 93.9 Å². The number of nitrogens with one attached hydrogen (secondary N) is 2. The van der Waals surface area contributed by atoms with Gasteiger partial charge in [-0.25, -0.2) is 0 Å². The van der Waals surface area contributed by atoms with Crippen LogP contribution >= 0.6 is 0 Å². The van der Waals surface area contributed by atoms with Gasteiger partial charge < -0.3 is 10.6 Å². The summed E-state index contributed by atoms with van der Waals surface area (Å²) in [6, 6.07) is 93.7. The minimum absolute atomic E-state index is 0.0786. The molecule has 2 unspecified atom stereocenters. The van der Waals surface area contributed by atoms with Crippen molar-refractivity contribution in [2.24, 2.45) is 0 Å². The predicted octanol–water partition coefficient (Wildman–Crippen LogP) is 18.9. The van der Waals surface area contributed by atoms with Crippen molar-refractivity contribution in [3.8, 4) is 44.5 Å². The van der Waals surface area contributed by atoms with Gasteiger partial charge in [0.2, 0.25) is 0 Å². The fourth-order valence-corrected chi connectivity index (χ4v) is 11.0. The van der Waals surface area contributed by atoms with Gasteiger partial charge in [0.05, 0.1) is 6.04 Å². The molecule has 13 rings (SSSR count). The summed E-state index contributed by atoms with van der Waals surface area (Å²) in [6.07, 6.45) is 7.09. The quantitative estimate of drug-likeness (QED) is 0.151. The molecule has 0 fully saturated rings. The van der Waals surface area contributed by atoms with Gasteiger partial charge in [-0.05, 0) is 130 Å². The Morgan fingerprint density at radius 1 is 0.356 bits per heavy atom. The van der Waals surface area contributed by atoms with Gasteiger partial charge in [-0.3, -0.25) is 0 Å². The summed E-state index contributed by atoms with van der Waals surface area (Å²) >= 11 is 0. The first-order valence-corrected chi connectivity index (χ1v) is 25.5. The van der Waals surface area contributed by atoms with Crippen LogP contribution in [0.1, 0.15) is 42.0 Å². The third-order valence-corrected chi connectivity index (χ3v) is 14.9. The van der Waals surface area contributed by atoms with E-state index in [4.69, 9.17) is 0 Å². The Hall–Kier alpha value is -8.98. The Balaban J connectivity index is 0.000000287. The number of anilines is 3. The molecular formula is C71H56N2. The maximum absolute atomic E-state index is 3.93. The van der Waals surface area contributed by atoms with Crippen molar-refractivity contribution in [3.05, 3.63) is 301 Å². The van der Waals surface area contributed by atoms with E-state index in [9.17, 15) is 0 Å². The van der Waals surface area contributed by atoms with Crippen LogP contribution < -0.4 is 10.6 Å². The van der Waals surface area contributed by atoms with Crippen LogP contribution in [0.5, 0.6) is 0 Å². The number of hydrogen-bond donors (Lipinski definition) is 2. The van der Waals surface area contributed by atoms with Crippen LogP contribution in [0.2, 0.25) is 0 Å². The molecule has 0 amide bonds. The monoisotopic (exact) mass is 936 g/mol. The van der Waals surface area contributed by atoms with E-state index in [0.29, 0.717) is 0 Å². The maximum Gasteiger partial charge on any atom is 0.0551 e. The van der Waals surface area contributed by atoms with Gasteiger partial charge in [0.25, 0.3) is 0 Å². The van der Waals surface area contributed by atoms with Crippen LogP contribution in [0.3, 0.4) is 0 Å². The number of allylic oxidation sites excluding steroid dienone is 2. The van der Waals surface area contributed by atoms with Crippen molar-refractivity contribution in [2.45, 2.75) is 31.2 Å². The Bertz CT molecular complexity index is 3780. The summed E-state index contributed by atoms with van der Waals surface area (Å²) in [7, 11) is 0. The standard InChI is InChI=1S/C55H44N2.C16H12/c1-55(2)52-35-43(24-31-49(52)50-32-30-46(36-53(50)55)56-44-26-20-39(21-27-44)37-12-5-3-6-13-37)51-34-42(38-14-7-4-8-15-38)25-33-54(51)57-45-28-22-41(23-29-45)48-19-11-17-40-16-9-10-18-47(40)48;1-2-7-13(8-3-1)16-12-6-10-14-9-4-5-11-15(14)16/h3-36,51,54,56-57H,1-2H3;1-12H. The van der Waals surface area contributed by atoms with Crippen molar-refractivity contribution in [1.29, 1.82) is 0 Å². The zero-order valence-electron chi connectivity index (χ0n) is 41.2. The molecule has 2 nitrogen and oxygen atoms in total. The molecule has 2 aliphatic rings. The molecule has 2 N–H and O–H groups in total. The van der Waals surface area contributed by atoms with Crippen LogP contribution in [0.15, 0.2) is 279 Å². The number of fused-ring (bicyclic) bond motifs is 5. The zero-order chi connectivity index (χ0) is 49.1. The van der Waals surface area contributed by atoms with Gasteiger partial charge in [-0.15, -0.1) is 0 Å². The lowest BCUT2D eigenvalue weighted by molar-refractivity contribution is 0.657. The average Bonchev–Trinajstić information content (AvgIpc) is 3.68. The summed E-state index contributed by atoms with van der Waals surface area (Å²) in [4.78, 5) is 0. The highest BCUT2D eigenvalue weighted by molar-refractivity contribution is 5.98. The fourth-order valence-electron chi connectivity index (χ4n) is 11.0. The second-order valence-corrected chi connectivity index (χ2v) is 19.8. The largest absolute Gasteiger partial charge is 0.378 e. The summed E-state index contributed by atoms with van der Waals surface area (Å²) in [5, 5.41) is 12.8. The highest BCUT2D eigenvalue weighted by Gasteiger charge is 2.37. The summed E-state index contributed by atoms with van der Waals surface area (Å²) in [5.41, 5.74) is 19.8. The third-order valence-electron chi connectivity index (χ3n) is 14.9. The number of benzene rings is 11. The molecule has 2 heteroatoms. The second kappa shape index (κ2) is 19.7. The smallest absolute Gasteiger partial charge is 0.0551 e. The molecule has 2 aliphatic carbocycles.